The minimum atomic E-state index is -1.62. The van der Waals surface area contributed by atoms with Gasteiger partial charge in [-0.15, -0.1) is 0 Å². The molecule has 0 aromatic carbocycles. The molecule has 0 radical (unpaired) electrons. The molecular formula is C19H34N6O8S. The lowest BCUT2D eigenvalue weighted by Crippen LogP contribution is -2.57. The van der Waals surface area contributed by atoms with E-state index in [9.17, 15) is 33.9 Å². The number of primary amides is 1. The van der Waals surface area contributed by atoms with Crippen LogP contribution in [0.3, 0.4) is 0 Å². The molecule has 4 unspecified atom stereocenters. The normalized spacial score (nSPS) is 14.2. The molecule has 4 amide bonds. The molecule has 34 heavy (non-hydrogen) atoms. The minimum absolute atomic E-state index is 0.0403. The van der Waals surface area contributed by atoms with E-state index in [1.807, 2.05) is 6.26 Å². The highest BCUT2D eigenvalue weighted by atomic mass is 32.2. The number of hydrogen-bond acceptors (Lipinski definition) is 9. The Hall–Kier alpha value is -2.91. The fourth-order valence-electron chi connectivity index (χ4n) is 2.75. The van der Waals surface area contributed by atoms with Gasteiger partial charge in [0.15, 0.2) is 0 Å². The van der Waals surface area contributed by atoms with Gasteiger partial charge in [-0.05, 0) is 44.2 Å². The molecule has 0 bridgehead atoms. The van der Waals surface area contributed by atoms with Crippen LogP contribution in [0, 0.1) is 0 Å². The first-order valence-electron chi connectivity index (χ1n) is 10.5. The quantitative estimate of drug-likeness (QED) is 0.0873. The molecule has 194 valence electrons. The van der Waals surface area contributed by atoms with Crippen molar-refractivity contribution in [3.63, 3.8) is 0 Å². The van der Waals surface area contributed by atoms with Crippen LogP contribution in [-0.4, -0.2) is 88.5 Å². The number of carbonyl (C=O) groups is 6. The van der Waals surface area contributed by atoms with E-state index in [1.165, 1.54) is 11.8 Å². The smallest absolute Gasteiger partial charge is 0.326 e. The van der Waals surface area contributed by atoms with Crippen LogP contribution >= 0.6 is 11.8 Å². The lowest BCUT2D eigenvalue weighted by molar-refractivity contribution is -0.144. The van der Waals surface area contributed by atoms with Gasteiger partial charge in [0.2, 0.25) is 23.6 Å². The van der Waals surface area contributed by atoms with Crippen molar-refractivity contribution in [1.29, 1.82) is 0 Å². The Bertz CT molecular complexity index is 738. The number of hydrogen-bond donors (Lipinski definition) is 8. The van der Waals surface area contributed by atoms with Crippen molar-refractivity contribution in [2.24, 2.45) is 17.2 Å². The summed E-state index contributed by atoms with van der Waals surface area (Å²) in [6.07, 6.45) is 1.58. The predicted octanol–water partition coefficient (Wildman–Crippen LogP) is -2.92. The topological polar surface area (TPSA) is 257 Å². The number of carbonyl (C=O) groups excluding carboxylic acids is 4. The molecule has 0 aliphatic rings. The van der Waals surface area contributed by atoms with Crippen molar-refractivity contribution < 1.29 is 39.0 Å². The van der Waals surface area contributed by atoms with E-state index in [4.69, 9.17) is 22.3 Å². The average Bonchev–Trinajstić information content (AvgIpc) is 2.74. The van der Waals surface area contributed by atoms with Crippen molar-refractivity contribution in [2.75, 3.05) is 18.6 Å². The molecule has 0 heterocycles. The first-order chi connectivity index (χ1) is 15.9. The van der Waals surface area contributed by atoms with E-state index in [-0.39, 0.29) is 6.42 Å². The van der Waals surface area contributed by atoms with Crippen LogP contribution in [0.25, 0.3) is 0 Å². The van der Waals surface area contributed by atoms with Crippen LogP contribution in [0.1, 0.15) is 38.5 Å². The molecule has 0 aromatic heterocycles. The van der Waals surface area contributed by atoms with E-state index in [1.54, 1.807) is 0 Å². The number of amides is 4. The van der Waals surface area contributed by atoms with Crippen molar-refractivity contribution in [3.05, 3.63) is 0 Å². The first kappa shape index (κ1) is 31.1. The molecule has 0 aliphatic carbocycles. The van der Waals surface area contributed by atoms with Gasteiger partial charge < -0.3 is 43.4 Å². The highest BCUT2D eigenvalue weighted by Crippen LogP contribution is 2.06. The van der Waals surface area contributed by atoms with Crippen LogP contribution in [0.5, 0.6) is 0 Å². The number of aliphatic carboxylic acids is 2. The third-order valence-corrected chi connectivity index (χ3v) is 5.23. The number of nitrogens with one attached hydrogen (secondary N) is 3. The maximum atomic E-state index is 12.8. The van der Waals surface area contributed by atoms with E-state index < -0.39 is 72.6 Å². The fraction of sp³-hybridized carbons (Fsp3) is 0.684. The number of unbranched alkanes of at least 4 members (excludes halogenated alkanes) is 1. The van der Waals surface area contributed by atoms with Gasteiger partial charge in [0, 0.05) is 0 Å². The molecule has 0 saturated carbocycles. The fourth-order valence-corrected chi connectivity index (χ4v) is 3.24. The first-order valence-corrected chi connectivity index (χ1v) is 11.9. The van der Waals surface area contributed by atoms with Gasteiger partial charge in [0.25, 0.3) is 0 Å². The molecule has 14 nitrogen and oxygen atoms in total. The van der Waals surface area contributed by atoms with Gasteiger partial charge >= 0.3 is 11.9 Å². The molecular weight excluding hydrogens is 472 g/mol. The van der Waals surface area contributed by atoms with Gasteiger partial charge in [0.1, 0.15) is 18.1 Å². The maximum absolute atomic E-state index is 12.8. The summed E-state index contributed by atoms with van der Waals surface area (Å²) in [5.74, 6) is -5.89. The summed E-state index contributed by atoms with van der Waals surface area (Å²) in [6, 6.07) is -5.41. The van der Waals surface area contributed by atoms with Gasteiger partial charge in [-0.2, -0.15) is 11.8 Å². The van der Waals surface area contributed by atoms with Crippen LogP contribution in [0.15, 0.2) is 0 Å². The number of carboxylic acid groups (broad SMARTS) is 2. The van der Waals surface area contributed by atoms with Crippen LogP contribution in [0.2, 0.25) is 0 Å². The third kappa shape index (κ3) is 13.0. The van der Waals surface area contributed by atoms with E-state index >= 15 is 0 Å². The zero-order valence-electron chi connectivity index (χ0n) is 19.0. The summed E-state index contributed by atoms with van der Waals surface area (Å²) < 4.78 is 0. The zero-order chi connectivity index (χ0) is 26.3. The molecule has 0 aliphatic heterocycles. The molecule has 0 aromatic rings. The molecule has 0 spiro atoms. The van der Waals surface area contributed by atoms with Crippen molar-refractivity contribution in [3.8, 4) is 0 Å². The van der Waals surface area contributed by atoms with Gasteiger partial charge in [-0.1, -0.05) is 0 Å². The van der Waals surface area contributed by atoms with Gasteiger partial charge in [-0.25, -0.2) is 4.79 Å². The second kappa shape index (κ2) is 16.7. The van der Waals surface area contributed by atoms with Gasteiger partial charge in [-0.3, -0.25) is 24.0 Å². The highest BCUT2D eigenvalue weighted by molar-refractivity contribution is 7.98. The third-order valence-electron chi connectivity index (χ3n) is 4.58. The lowest BCUT2D eigenvalue weighted by atomic mass is 10.1. The second-order valence-corrected chi connectivity index (χ2v) is 8.45. The highest BCUT2D eigenvalue weighted by Gasteiger charge is 2.31. The van der Waals surface area contributed by atoms with Crippen LogP contribution < -0.4 is 33.2 Å². The van der Waals surface area contributed by atoms with Gasteiger partial charge in [0.05, 0.1) is 18.9 Å². The van der Waals surface area contributed by atoms with E-state index in [0.717, 1.165) is 0 Å². The van der Waals surface area contributed by atoms with E-state index in [0.29, 0.717) is 31.6 Å². The average molecular weight is 507 g/mol. The summed E-state index contributed by atoms with van der Waals surface area (Å²) >= 11 is 1.46. The molecule has 0 fully saturated rings. The Kier molecular flexibility index (Phi) is 15.2. The molecule has 0 rings (SSSR count). The number of rotatable bonds is 18. The Morgan fingerprint density at radius 3 is 1.88 bits per heavy atom. The molecule has 4 atom stereocenters. The monoisotopic (exact) mass is 506 g/mol. The summed E-state index contributed by atoms with van der Waals surface area (Å²) in [7, 11) is 0. The molecule has 11 N–H and O–H groups in total. The molecule has 0 saturated heterocycles. The minimum Gasteiger partial charge on any atom is -0.481 e. The van der Waals surface area contributed by atoms with Crippen molar-refractivity contribution in [1.82, 2.24) is 16.0 Å². The SMILES string of the molecule is CSCCC(N)C(=O)NC(CC(=O)O)C(=O)NC(CCCCN)C(=O)NC(CC(N)=O)C(=O)O. The lowest BCUT2D eigenvalue weighted by Gasteiger charge is -2.24. The Morgan fingerprint density at radius 2 is 1.38 bits per heavy atom. The summed E-state index contributed by atoms with van der Waals surface area (Å²) in [6.45, 7) is 0.299. The second-order valence-electron chi connectivity index (χ2n) is 7.46. The summed E-state index contributed by atoms with van der Waals surface area (Å²) in [4.78, 5) is 71.3. The largest absolute Gasteiger partial charge is 0.481 e. The number of thioether (sulfide) groups is 1. The molecule has 15 heteroatoms. The Morgan fingerprint density at radius 1 is 0.824 bits per heavy atom. The zero-order valence-corrected chi connectivity index (χ0v) is 19.8. The number of nitrogens with two attached hydrogens (primary N) is 3. The standard InChI is InChI=1S/C19H34N6O8S/c1-34-7-5-10(21)16(29)24-12(9-15(27)28)18(31)23-11(4-2-3-6-20)17(30)25-13(19(32)33)8-14(22)26/h10-13H,2-9,20-21H2,1H3,(H2,22,26)(H,23,31)(H,24,29)(H,25,30)(H,27,28)(H,32,33). The predicted molar refractivity (Wildman–Crippen MR) is 123 cm³/mol. The Balaban J connectivity index is 5.51. The summed E-state index contributed by atoms with van der Waals surface area (Å²) in [5, 5.41) is 25.1. The van der Waals surface area contributed by atoms with Crippen molar-refractivity contribution >= 4 is 47.3 Å². The summed E-state index contributed by atoms with van der Waals surface area (Å²) in [5.41, 5.74) is 16.2. The van der Waals surface area contributed by atoms with Crippen LogP contribution in [0.4, 0.5) is 0 Å². The van der Waals surface area contributed by atoms with Crippen LogP contribution in [-0.2, 0) is 28.8 Å². The van der Waals surface area contributed by atoms with Crippen molar-refractivity contribution in [2.45, 2.75) is 62.7 Å². The van der Waals surface area contributed by atoms with E-state index in [2.05, 4.69) is 16.0 Å². The number of carboxylic acids is 2. The Labute approximate surface area is 201 Å². The maximum Gasteiger partial charge on any atom is 0.326 e.